The standard InChI is InChI=1S/C24H30N2O5/c1-7-26(8-2)24(28)19(25-23(27)17-11-9-16(3)10-12-17)15-18-13-14-20(29-4)22(31-6)21(18)30-5/h9-15H,7-8H2,1-6H3,(H,25,27). The Kier molecular flexibility index (Phi) is 8.49. The van der Waals surface area contributed by atoms with Gasteiger partial charge in [0.25, 0.3) is 11.8 Å². The Hall–Kier alpha value is -3.48. The van der Waals surface area contributed by atoms with Crippen molar-refractivity contribution in [3.63, 3.8) is 0 Å². The maximum absolute atomic E-state index is 13.2. The molecule has 31 heavy (non-hydrogen) atoms. The largest absolute Gasteiger partial charge is 0.493 e. The van der Waals surface area contributed by atoms with Crippen molar-refractivity contribution >= 4 is 17.9 Å². The van der Waals surface area contributed by atoms with Crippen LogP contribution in [0, 0.1) is 6.92 Å². The molecule has 0 aliphatic heterocycles. The van der Waals surface area contributed by atoms with E-state index >= 15 is 0 Å². The number of hydrogen-bond acceptors (Lipinski definition) is 5. The predicted octanol–water partition coefficient (Wildman–Crippen LogP) is 3.66. The second-order valence-corrected chi connectivity index (χ2v) is 6.78. The molecule has 0 atom stereocenters. The molecule has 0 bridgehead atoms. The van der Waals surface area contributed by atoms with Gasteiger partial charge in [-0.05, 0) is 51.1 Å². The highest BCUT2D eigenvalue weighted by Crippen LogP contribution is 2.40. The number of carbonyl (C=O) groups is 2. The molecule has 2 rings (SSSR count). The zero-order valence-corrected chi connectivity index (χ0v) is 18.9. The Morgan fingerprint density at radius 3 is 2.03 bits per heavy atom. The van der Waals surface area contributed by atoms with Gasteiger partial charge in [0, 0.05) is 24.2 Å². The molecular formula is C24H30N2O5. The van der Waals surface area contributed by atoms with Crippen LogP contribution in [0.1, 0.15) is 35.3 Å². The van der Waals surface area contributed by atoms with E-state index in [0.717, 1.165) is 5.56 Å². The number of rotatable bonds is 9. The van der Waals surface area contributed by atoms with E-state index in [4.69, 9.17) is 14.2 Å². The first-order chi connectivity index (χ1) is 14.9. The third-order valence-electron chi connectivity index (χ3n) is 4.88. The van der Waals surface area contributed by atoms with Crippen molar-refractivity contribution in [1.82, 2.24) is 10.2 Å². The van der Waals surface area contributed by atoms with Crippen molar-refractivity contribution in [3.05, 3.63) is 58.8 Å². The Balaban J connectivity index is 2.54. The third kappa shape index (κ3) is 5.57. The number of nitrogens with zero attached hydrogens (tertiary/aromatic N) is 1. The minimum absolute atomic E-state index is 0.139. The van der Waals surface area contributed by atoms with E-state index in [2.05, 4.69) is 5.32 Å². The number of likely N-dealkylation sites (N-methyl/N-ethyl adjacent to an activating group) is 1. The van der Waals surface area contributed by atoms with Crippen molar-refractivity contribution in [2.24, 2.45) is 0 Å². The maximum atomic E-state index is 13.2. The fraction of sp³-hybridized carbons (Fsp3) is 0.333. The zero-order valence-electron chi connectivity index (χ0n) is 18.9. The fourth-order valence-corrected chi connectivity index (χ4v) is 3.13. The van der Waals surface area contributed by atoms with Crippen LogP contribution in [0.4, 0.5) is 0 Å². The first kappa shape index (κ1) is 23.8. The molecule has 7 heteroatoms. The van der Waals surface area contributed by atoms with Gasteiger partial charge in [0.05, 0.1) is 21.3 Å². The van der Waals surface area contributed by atoms with Crippen molar-refractivity contribution in [1.29, 1.82) is 0 Å². The van der Waals surface area contributed by atoms with E-state index in [1.54, 1.807) is 35.2 Å². The van der Waals surface area contributed by atoms with E-state index in [1.807, 2.05) is 32.9 Å². The molecule has 0 heterocycles. The molecule has 2 aromatic carbocycles. The van der Waals surface area contributed by atoms with Crippen LogP contribution in [0.2, 0.25) is 0 Å². The number of amides is 2. The van der Waals surface area contributed by atoms with Crippen LogP contribution in [0.25, 0.3) is 6.08 Å². The molecule has 0 saturated heterocycles. The highest BCUT2D eigenvalue weighted by Gasteiger charge is 2.21. The number of benzene rings is 2. The quantitative estimate of drug-likeness (QED) is 0.619. The summed E-state index contributed by atoms with van der Waals surface area (Å²) in [5.41, 5.74) is 2.21. The molecule has 2 aromatic rings. The summed E-state index contributed by atoms with van der Waals surface area (Å²) in [5, 5.41) is 2.77. The second kappa shape index (κ2) is 11.1. The average molecular weight is 427 g/mol. The number of carbonyl (C=O) groups excluding carboxylic acids is 2. The Labute approximate surface area is 183 Å². The van der Waals surface area contributed by atoms with Crippen LogP contribution >= 0.6 is 0 Å². The van der Waals surface area contributed by atoms with Gasteiger partial charge in [-0.1, -0.05) is 17.7 Å². The summed E-state index contributed by atoms with van der Waals surface area (Å²) in [6.07, 6.45) is 1.59. The van der Waals surface area contributed by atoms with Crippen molar-refractivity contribution in [2.75, 3.05) is 34.4 Å². The van der Waals surface area contributed by atoms with Crippen molar-refractivity contribution < 1.29 is 23.8 Å². The van der Waals surface area contributed by atoms with Crippen LogP contribution in [0.3, 0.4) is 0 Å². The third-order valence-corrected chi connectivity index (χ3v) is 4.88. The monoisotopic (exact) mass is 426 g/mol. The number of ether oxygens (including phenoxy) is 3. The lowest BCUT2D eigenvalue weighted by atomic mass is 10.1. The molecule has 0 aromatic heterocycles. The summed E-state index contributed by atoms with van der Waals surface area (Å²) < 4.78 is 16.3. The topological polar surface area (TPSA) is 77.1 Å². The van der Waals surface area contributed by atoms with Gasteiger partial charge >= 0.3 is 0 Å². The van der Waals surface area contributed by atoms with E-state index in [-0.39, 0.29) is 17.5 Å². The van der Waals surface area contributed by atoms with Gasteiger partial charge in [-0.3, -0.25) is 9.59 Å². The van der Waals surface area contributed by atoms with E-state index in [0.29, 0.717) is 41.5 Å². The Morgan fingerprint density at radius 2 is 1.52 bits per heavy atom. The van der Waals surface area contributed by atoms with Gasteiger partial charge in [-0.2, -0.15) is 0 Å². The van der Waals surface area contributed by atoms with Gasteiger partial charge in [0.2, 0.25) is 5.75 Å². The second-order valence-electron chi connectivity index (χ2n) is 6.78. The number of nitrogens with one attached hydrogen (secondary N) is 1. The molecule has 1 N–H and O–H groups in total. The molecule has 0 spiro atoms. The van der Waals surface area contributed by atoms with Crippen molar-refractivity contribution in [3.8, 4) is 17.2 Å². The summed E-state index contributed by atoms with van der Waals surface area (Å²) in [6.45, 7) is 6.74. The summed E-state index contributed by atoms with van der Waals surface area (Å²) in [7, 11) is 4.55. The molecule has 0 fully saturated rings. The normalized spacial score (nSPS) is 11.0. The van der Waals surface area contributed by atoms with Crippen LogP contribution in [-0.2, 0) is 4.79 Å². The number of aryl methyl sites for hydroxylation is 1. The van der Waals surface area contributed by atoms with Crippen LogP contribution in [-0.4, -0.2) is 51.1 Å². The predicted molar refractivity (Wildman–Crippen MR) is 121 cm³/mol. The van der Waals surface area contributed by atoms with Gasteiger partial charge in [0.15, 0.2) is 11.5 Å². The number of hydrogen-bond donors (Lipinski definition) is 1. The first-order valence-electron chi connectivity index (χ1n) is 10.1. The van der Waals surface area contributed by atoms with E-state index in [9.17, 15) is 9.59 Å². The summed E-state index contributed by atoms with van der Waals surface area (Å²) in [6, 6.07) is 10.6. The van der Waals surface area contributed by atoms with Crippen molar-refractivity contribution in [2.45, 2.75) is 20.8 Å². The molecule has 0 radical (unpaired) electrons. The van der Waals surface area contributed by atoms with Gasteiger partial charge < -0.3 is 24.4 Å². The summed E-state index contributed by atoms with van der Waals surface area (Å²) in [4.78, 5) is 27.6. The molecule has 0 saturated carbocycles. The maximum Gasteiger partial charge on any atom is 0.270 e. The molecule has 0 aliphatic rings. The van der Waals surface area contributed by atoms with Gasteiger partial charge in [-0.25, -0.2) is 0 Å². The first-order valence-corrected chi connectivity index (χ1v) is 10.1. The molecule has 2 amide bonds. The van der Waals surface area contributed by atoms with Crippen LogP contribution < -0.4 is 19.5 Å². The molecule has 0 aliphatic carbocycles. The van der Waals surface area contributed by atoms with Gasteiger partial charge in [0.1, 0.15) is 5.70 Å². The fourth-order valence-electron chi connectivity index (χ4n) is 3.13. The van der Waals surface area contributed by atoms with Crippen LogP contribution in [0.15, 0.2) is 42.1 Å². The van der Waals surface area contributed by atoms with Gasteiger partial charge in [-0.15, -0.1) is 0 Å². The highest BCUT2D eigenvalue weighted by atomic mass is 16.5. The Bertz CT molecular complexity index is 947. The zero-order chi connectivity index (χ0) is 23.0. The lowest BCUT2D eigenvalue weighted by molar-refractivity contribution is -0.127. The Morgan fingerprint density at radius 1 is 0.903 bits per heavy atom. The average Bonchev–Trinajstić information content (AvgIpc) is 2.79. The van der Waals surface area contributed by atoms with Crippen LogP contribution in [0.5, 0.6) is 17.2 Å². The summed E-state index contributed by atoms with van der Waals surface area (Å²) in [5.74, 6) is 0.639. The lowest BCUT2D eigenvalue weighted by Gasteiger charge is -2.21. The smallest absolute Gasteiger partial charge is 0.270 e. The highest BCUT2D eigenvalue weighted by molar-refractivity contribution is 6.05. The minimum atomic E-state index is -0.369. The molecular weight excluding hydrogens is 396 g/mol. The van der Waals surface area contributed by atoms with E-state index < -0.39 is 0 Å². The molecule has 166 valence electrons. The number of methoxy groups -OCH3 is 3. The lowest BCUT2D eigenvalue weighted by Crippen LogP contribution is -2.38. The summed E-state index contributed by atoms with van der Waals surface area (Å²) >= 11 is 0. The molecule has 0 unspecified atom stereocenters. The van der Waals surface area contributed by atoms with E-state index in [1.165, 1.54) is 21.3 Å². The minimum Gasteiger partial charge on any atom is -0.493 e. The SMILES string of the molecule is CCN(CC)C(=O)C(=Cc1ccc(OC)c(OC)c1OC)NC(=O)c1ccc(C)cc1. The molecule has 7 nitrogen and oxygen atoms in total.